The van der Waals surface area contributed by atoms with E-state index in [0.717, 1.165) is 109 Å². The Kier molecular flexibility index (Phi) is 55.8. The lowest BCUT2D eigenvalue weighted by molar-refractivity contribution is -0.167. The Labute approximate surface area is 433 Å². The number of allylic oxidation sites excluding steroid dienone is 12. The molecule has 0 aliphatic carbocycles. The first-order valence-electron chi connectivity index (χ1n) is 29.9. The SMILES string of the molecule is CC/C=C\C/C=C\C/C=C\C/C=C\C/C=C\C/C=C\CCCCCCC(=O)OCC(COC(=O)CCCCCCCC)OC(=O)CCCCCCCCCCCCCCCCCCCCCCCCC. The van der Waals surface area contributed by atoms with Crippen LogP contribution in [0.15, 0.2) is 72.9 Å². The zero-order valence-corrected chi connectivity index (χ0v) is 46.3. The Morgan fingerprint density at radius 2 is 0.557 bits per heavy atom. The Bertz CT molecular complexity index is 1310. The van der Waals surface area contributed by atoms with E-state index in [1.54, 1.807) is 0 Å². The van der Waals surface area contributed by atoms with Crippen LogP contribution in [0.3, 0.4) is 0 Å². The van der Waals surface area contributed by atoms with Crippen molar-refractivity contribution in [1.29, 1.82) is 0 Å². The van der Waals surface area contributed by atoms with Gasteiger partial charge in [0.2, 0.25) is 0 Å². The third-order valence-corrected chi connectivity index (χ3v) is 13.0. The molecule has 0 aromatic rings. The quantitative estimate of drug-likeness (QED) is 0.0261. The van der Waals surface area contributed by atoms with Crippen molar-refractivity contribution in [2.24, 2.45) is 0 Å². The smallest absolute Gasteiger partial charge is 0.306 e. The molecular weight excluding hydrogens is 865 g/mol. The topological polar surface area (TPSA) is 78.9 Å². The van der Waals surface area contributed by atoms with Crippen molar-refractivity contribution < 1.29 is 28.6 Å². The van der Waals surface area contributed by atoms with Crippen molar-refractivity contribution in [1.82, 2.24) is 0 Å². The molecule has 1 unspecified atom stereocenters. The van der Waals surface area contributed by atoms with Crippen LogP contribution >= 0.6 is 0 Å². The maximum absolute atomic E-state index is 12.8. The van der Waals surface area contributed by atoms with Crippen molar-refractivity contribution in [2.45, 2.75) is 303 Å². The van der Waals surface area contributed by atoms with E-state index in [1.807, 2.05) is 0 Å². The molecule has 0 bridgehead atoms. The van der Waals surface area contributed by atoms with E-state index in [4.69, 9.17) is 14.2 Å². The van der Waals surface area contributed by atoms with Gasteiger partial charge in [0, 0.05) is 19.3 Å². The van der Waals surface area contributed by atoms with Crippen LogP contribution in [0.4, 0.5) is 0 Å². The molecule has 0 N–H and O–H groups in total. The average Bonchev–Trinajstić information content (AvgIpc) is 3.36. The molecule has 1 atom stereocenters. The summed E-state index contributed by atoms with van der Waals surface area (Å²) in [6.07, 6.45) is 75.1. The second kappa shape index (κ2) is 58.4. The van der Waals surface area contributed by atoms with E-state index < -0.39 is 6.10 Å². The van der Waals surface area contributed by atoms with Crippen LogP contribution in [0.2, 0.25) is 0 Å². The van der Waals surface area contributed by atoms with Gasteiger partial charge >= 0.3 is 17.9 Å². The maximum atomic E-state index is 12.8. The first kappa shape index (κ1) is 66.9. The van der Waals surface area contributed by atoms with Gasteiger partial charge in [-0.1, -0.05) is 280 Å². The molecule has 0 aliphatic rings. The van der Waals surface area contributed by atoms with Gasteiger partial charge in [-0.05, 0) is 70.6 Å². The van der Waals surface area contributed by atoms with E-state index in [9.17, 15) is 14.4 Å². The van der Waals surface area contributed by atoms with Gasteiger partial charge in [-0.2, -0.15) is 0 Å². The number of hydrogen-bond acceptors (Lipinski definition) is 6. The molecule has 0 spiro atoms. The Balaban J connectivity index is 4.16. The van der Waals surface area contributed by atoms with E-state index in [2.05, 4.69) is 93.7 Å². The minimum atomic E-state index is -0.782. The molecule has 0 amide bonds. The normalized spacial score (nSPS) is 12.6. The molecule has 0 aromatic heterocycles. The highest BCUT2D eigenvalue weighted by Crippen LogP contribution is 2.17. The van der Waals surface area contributed by atoms with Crippen molar-refractivity contribution in [2.75, 3.05) is 13.2 Å². The highest BCUT2D eigenvalue weighted by molar-refractivity contribution is 5.71. The highest BCUT2D eigenvalue weighted by Gasteiger charge is 2.19. The summed E-state index contributed by atoms with van der Waals surface area (Å²) in [7, 11) is 0. The van der Waals surface area contributed by atoms with Crippen LogP contribution in [0, 0.1) is 0 Å². The molecule has 6 heteroatoms. The summed E-state index contributed by atoms with van der Waals surface area (Å²) in [6, 6.07) is 0. The number of carbonyl (C=O) groups excluding carboxylic acids is 3. The molecule has 0 aliphatic heterocycles. The van der Waals surface area contributed by atoms with Crippen molar-refractivity contribution >= 4 is 17.9 Å². The van der Waals surface area contributed by atoms with Gasteiger partial charge in [-0.3, -0.25) is 14.4 Å². The van der Waals surface area contributed by atoms with Crippen molar-refractivity contribution in [3.8, 4) is 0 Å². The molecule has 0 saturated carbocycles. The summed E-state index contributed by atoms with van der Waals surface area (Å²) in [4.78, 5) is 37.9. The third-order valence-electron chi connectivity index (χ3n) is 13.0. The lowest BCUT2D eigenvalue weighted by Crippen LogP contribution is -2.30. The fourth-order valence-electron chi connectivity index (χ4n) is 8.51. The second-order valence-electron chi connectivity index (χ2n) is 19.9. The zero-order chi connectivity index (χ0) is 50.7. The van der Waals surface area contributed by atoms with Gasteiger partial charge in [0.15, 0.2) is 6.10 Å². The molecule has 70 heavy (non-hydrogen) atoms. The number of rotatable bonds is 54. The molecular formula is C64H112O6. The maximum Gasteiger partial charge on any atom is 0.306 e. The second-order valence-corrected chi connectivity index (χ2v) is 19.9. The fraction of sp³-hybridized carbons (Fsp3) is 0.766. The fourth-order valence-corrected chi connectivity index (χ4v) is 8.51. The first-order valence-corrected chi connectivity index (χ1v) is 29.9. The summed E-state index contributed by atoms with van der Waals surface area (Å²) in [5.41, 5.74) is 0. The van der Waals surface area contributed by atoms with E-state index in [0.29, 0.717) is 19.3 Å². The first-order chi connectivity index (χ1) is 34.5. The predicted octanol–water partition coefficient (Wildman–Crippen LogP) is 20.2. The van der Waals surface area contributed by atoms with E-state index in [-0.39, 0.29) is 31.1 Å². The standard InChI is InChI=1S/C64H112O6/c1-4-7-10-13-16-18-20-22-24-26-28-30-32-34-36-38-40-42-44-46-48-51-54-57-63(66)69-60-61(59-68-62(65)56-53-50-15-12-9-6-3)70-64(67)58-55-52-49-47-45-43-41-39-37-35-33-31-29-27-25-23-21-19-17-14-11-8-5-2/h7,10,16,18,22,24,28,30,34,36,40,42,61H,4-6,8-9,11-15,17,19-21,23,25-27,29,31-33,35,37-39,41,43-60H2,1-3H3/b10-7-,18-16-,24-22-,30-28-,36-34-,42-40-. The molecule has 0 radical (unpaired) electrons. The number of hydrogen-bond donors (Lipinski definition) is 0. The molecule has 0 saturated heterocycles. The van der Waals surface area contributed by atoms with Gasteiger partial charge in [0.25, 0.3) is 0 Å². The monoisotopic (exact) mass is 977 g/mol. The molecule has 0 rings (SSSR count). The van der Waals surface area contributed by atoms with Gasteiger partial charge in [-0.15, -0.1) is 0 Å². The summed E-state index contributed by atoms with van der Waals surface area (Å²) >= 11 is 0. The van der Waals surface area contributed by atoms with Gasteiger partial charge in [0.1, 0.15) is 13.2 Å². The lowest BCUT2D eigenvalue weighted by atomic mass is 10.0. The van der Waals surface area contributed by atoms with Gasteiger partial charge in [-0.25, -0.2) is 0 Å². The van der Waals surface area contributed by atoms with Crippen LogP contribution in [-0.2, 0) is 28.6 Å². The predicted molar refractivity (Wildman–Crippen MR) is 302 cm³/mol. The number of esters is 3. The van der Waals surface area contributed by atoms with Crippen LogP contribution in [0.25, 0.3) is 0 Å². The average molecular weight is 978 g/mol. The van der Waals surface area contributed by atoms with Crippen molar-refractivity contribution in [3.63, 3.8) is 0 Å². The lowest BCUT2D eigenvalue weighted by Gasteiger charge is -2.18. The largest absolute Gasteiger partial charge is 0.462 e. The van der Waals surface area contributed by atoms with Crippen LogP contribution < -0.4 is 0 Å². The minimum absolute atomic E-state index is 0.0817. The molecule has 0 heterocycles. The molecule has 0 fully saturated rings. The number of unbranched alkanes of at least 4 members (excludes halogenated alkanes) is 31. The summed E-state index contributed by atoms with van der Waals surface area (Å²) in [6.45, 7) is 6.47. The minimum Gasteiger partial charge on any atom is -0.462 e. The Morgan fingerprint density at radius 1 is 0.300 bits per heavy atom. The summed E-state index contributed by atoms with van der Waals surface area (Å²) < 4.78 is 16.8. The van der Waals surface area contributed by atoms with Gasteiger partial charge in [0.05, 0.1) is 0 Å². The van der Waals surface area contributed by atoms with Crippen LogP contribution in [-0.4, -0.2) is 37.2 Å². The number of ether oxygens (including phenoxy) is 3. The molecule has 404 valence electrons. The van der Waals surface area contributed by atoms with Gasteiger partial charge < -0.3 is 14.2 Å². The summed E-state index contributed by atoms with van der Waals surface area (Å²) in [5.74, 6) is -0.906. The molecule has 0 aromatic carbocycles. The van der Waals surface area contributed by atoms with Crippen LogP contribution in [0.1, 0.15) is 297 Å². The number of carbonyl (C=O) groups is 3. The summed E-state index contributed by atoms with van der Waals surface area (Å²) in [5, 5.41) is 0. The Hall–Kier alpha value is -3.15. The van der Waals surface area contributed by atoms with E-state index in [1.165, 1.54) is 148 Å². The Morgan fingerprint density at radius 3 is 0.871 bits per heavy atom. The molecule has 6 nitrogen and oxygen atoms in total. The van der Waals surface area contributed by atoms with E-state index >= 15 is 0 Å². The third kappa shape index (κ3) is 55.8. The highest BCUT2D eigenvalue weighted by atomic mass is 16.6. The zero-order valence-electron chi connectivity index (χ0n) is 46.3. The van der Waals surface area contributed by atoms with Crippen molar-refractivity contribution in [3.05, 3.63) is 72.9 Å². The van der Waals surface area contributed by atoms with Crippen LogP contribution in [0.5, 0.6) is 0 Å².